The lowest BCUT2D eigenvalue weighted by Crippen LogP contribution is -2.16. The summed E-state index contributed by atoms with van der Waals surface area (Å²) in [4.78, 5) is 0. The highest BCUT2D eigenvalue weighted by Gasteiger charge is 2.10. The standard InChI is InChI=1S/C13H20Si/c1-11-8-6-7-9-13(11)12(2)10-14(3,4)5/h6-10H,1-5H3. The van der Waals surface area contributed by atoms with Crippen LogP contribution >= 0.6 is 0 Å². The minimum Gasteiger partial charge on any atom is -0.0915 e. The van der Waals surface area contributed by atoms with Crippen LogP contribution in [0, 0.1) is 6.92 Å². The number of hydrogen-bond acceptors (Lipinski definition) is 0. The van der Waals surface area contributed by atoms with E-state index in [9.17, 15) is 0 Å². The van der Waals surface area contributed by atoms with Crippen molar-refractivity contribution in [1.82, 2.24) is 0 Å². The molecule has 0 heterocycles. The lowest BCUT2D eigenvalue weighted by molar-refractivity contribution is 1.41. The predicted octanol–water partition coefficient (Wildman–Crippen LogP) is 4.28. The van der Waals surface area contributed by atoms with Crippen LogP contribution in [0.15, 0.2) is 30.0 Å². The van der Waals surface area contributed by atoms with Crippen LogP contribution in [0.2, 0.25) is 19.6 Å². The summed E-state index contributed by atoms with van der Waals surface area (Å²) in [5.41, 5.74) is 6.67. The molecular formula is C13H20Si. The maximum atomic E-state index is 2.47. The van der Waals surface area contributed by atoms with Crippen LogP contribution < -0.4 is 0 Å². The summed E-state index contributed by atoms with van der Waals surface area (Å²) in [6.07, 6.45) is 0. The van der Waals surface area contributed by atoms with E-state index in [1.807, 2.05) is 0 Å². The molecule has 0 atom stereocenters. The minimum absolute atomic E-state index is 1.09. The summed E-state index contributed by atoms with van der Waals surface area (Å²) >= 11 is 0. The Morgan fingerprint density at radius 1 is 1.14 bits per heavy atom. The van der Waals surface area contributed by atoms with E-state index in [2.05, 4.69) is 63.5 Å². The van der Waals surface area contributed by atoms with Gasteiger partial charge in [-0.1, -0.05) is 55.2 Å². The maximum Gasteiger partial charge on any atom is 0.0690 e. The molecule has 0 N–H and O–H groups in total. The van der Waals surface area contributed by atoms with Crippen molar-refractivity contribution >= 4 is 13.6 Å². The molecule has 0 saturated carbocycles. The molecule has 0 unspecified atom stereocenters. The quantitative estimate of drug-likeness (QED) is 0.631. The van der Waals surface area contributed by atoms with Crippen molar-refractivity contribution in [3.8, 4) is 0 Å². The summed E-state index contributed by atoms with van der Waals surface area (Å²) < 4.78 is 0. The zero-order chi connectivity index (χ0) is 10.8. The SMILES string of the molecule is CC(=C[Si](C)(C)C)c1ccccc1C. The Kier molecular flexibility index (Phi) is 3.32. The maximum absolute atomic E-state index is 2.47. The number of aryl methyl sites for hydroxylation is 1. The number of hydrogen-bond donors (Lipinski definition) is 0. The normalized spacial score (nSPS) is 13.1. The number of rotatable bonds is 2. The van der Waals surface area contributed by atoms with E-state index in [0.717, 1.165) is 0 Å². The lowest BCUT2D eigenvalue weighted by Gasteiger charge is -2.13. The molecule has 0 aliphatic rings. The van der Waals surface area contributed by atoms with E-state index in [0.29, 0.717) is 0 Å². The number of allylic oxidation sites excluding steroid dienone is 1. The van der Waals surface area contributed by atoms with E-state index in [1.54, 1.807) is 0 Å². The molecule has 76 valence electrons. The Labute approximate surface area is 88.7 Å². The van der Waals surface area contributed by atoms with Crippen LogP contribution in [0.3, 0.4) is 0 Å². The third kappa shape index (κ3) is 3.15. The molecular weight excluding hydrogens is 184 g/mol. The van der Waals surface area contributed by atoms with Crippen LogP contribution in [0.25, 0.3) is 5.57 Å². The van der Waals surface area contributed by atoms with Gasteiger partial charge in [0.2, 0.25) is 0 Å². The zero-order valence-electron chi connectivity index (χ0n) is 9.89. The molecule has 0 aliphatic heterocycles. The fourth-order valence-electron chi connectivity index (χ4n) is 1.74. The second-order valence-corrected chi connectivity index (χ2v) is 10.0. The zero-order valence-corrected chi connectivity index (χ0v) is 10.9. The average Bonchev–Trinajstić information content (AvgIpc) is 2.01. The van der Waals surface area contributed by atoms with Gasteiger partial charge in [0.1, 0.15) is 0 Å². The van der Waals surface area contributed by atoms with Crippen molar-refractivity contribution in [1.29, 1.82) is 0 Å². The lowest BCUT2D eigenvalue weighted by atomic mass is 10.0. The molecule has 0 bridgehead atoms. The first-order valence-electron chi connectivity index (χ1n) is 5.15. The van der Waals surface area contributed by atoms with Crippen LogP contribution in [-0.2, 0) is 0 Å². The van der Waals surface area contributed by atoms with Gasteiger partial charge in [0.15, 0.2) is 0 Å². The van der Waals surface area contributed by atoms with Gasteiger partial charge in [-0.25, -0.2) is 0 Å². The number of benzene rings is 1. The van der Waals surface area contributed by atoms with Gasteiger partial charge in [-0.15, -0.1) is 0 Å². The largest absolute Gasteiger partial charge is 0.0915 e. The molecule has 0 aromatic heterocycles. The Morgan fingerprint density at radius 2 is 1.71 bits per heavy atom. The summed E-state index contributed by atoms with van der Waals surface area (Å²) in [6.45, 7) is 11.5. The first-order valence-corrected chi connectivity index (χ1v) is 8.73. The molecule has 0 fully saturated rings. The second-order valence-electron chi connectivity index (χ2n) is 5.01. The van der Waals surface area contributed by atoms with Crippen LogP contribution in [0.5, 0.6) is 0 Å². The molecule has 0 radical (unpaired) electrons. The Balaban J connectivity index is 3.07. The van der Waals surface area contributed by atoms with E-state index >= 15 is 0 Å². The van der Waals surface area contributed by atoms with Gasteiger partial charge < -0.3 is 0 Å². The first kappa shape index (κ1) is 11.3. The Bertz CT molecular complexity index is 342. The van der Waals surface area contributed by atoms with E-state index in [1.165, 1.54) is 16.7 Å². The molecule has 1 aromatic carbocycles. The van der Waals surface area contributed by atoms with Crippen molar-refractivity contribution in [2.75, 3.05) is 0 Å². The first-order chi connectivity index (χ1) is 6.40. The van der Waals surface area contributed by atoms with Gasteiger partial charge in [-0.05, 0) is 25.0 Å². The summed E-state index contributed by atoms with van der Waals surface area (Å²) in [7, 11) is -1.09. The van der Waals surface area contributed by atoms with E-state index in [-0.39, 0.29) is 0 Å². The molecule has 0 amide bonds. The Morgan fingerprint density at radius 3 is 2.21 bits per heavy atom. The highest BCUT2D eigenvalue weighted by molar-refractivity contribution is 6.81. The summed E-state index contributed by atoms with van der Waals surface area (Å²) in [5, 5.41) is 0. The third-order valence-electron chi connectivity index (χ3n) is 2.22. The van der Waals surface area contributed by atoms with Gasteiger partial charge in [-0.3, -0.25) is 0 Å². The van der Waals surface area contributed by atoms with Gasteiger partial charge in [-0.2, -0.15) is 0 Å². The van der Waals surface area contributed by atoms with Crippen molar-refractivity contribution < 1.29 is 0 Å². The topological polar surface area (TPSA) is 0 Å². The summed E-state index contributed by atoms with van der Waals surface area (Å²) in [6, 6.07) is 8.60. The molecule has 0 aliphatic carbocycles. The van der Waals surface area contributed by atoms with Crippen molar-refractivity contribution in [3.05, 3.63) is 41.1 Å². The third-order valence-corrected chi connectivity index (χ3v) is 3.52. The molecule has 14 heavy (non-hydrogen) atoms. The van der Waals surface area contributed by atoms with Crippen molar-refractivity contribution in [2.45, 2.75) is 33.5 Å². The summed E-state index contributed by atoms with van der Waals surface area (Å²) in [5.74, 6) is 0. The molecule has 0 saturated heterocycles. The van der Waals surface area contributed by atoms with Crippen LogP contribution in [0.1, 0.15) is 18.1 Å². The highest BCUT2D eigenvalue weighted by atomic mass is 28.3. The van der Waals surface area contributed by atoms with Gasteiger partial charge in [0.25, 0.3) is 0 Å². The molecule has 1 heteroatoms. The fraction of sp³-hybridized carbons (Fsp3) is 0.385. The fourth-order valence-corrected chi connectivity index (χ4v) is 3.20. The monoisotopic (exact) mass is 204 g/mol. The van der Waals surface area contributed by atoms with Gasteiger partial charge in [0, 0.05) is 0 Å². The second kappa shape index (κ2) is 4.14. The van der Waals surface area contributed by atoms with E-state index < -0.39 is 8.07 Å². The molecule has 1 rings (SSSR count). The van der Waals surface area contributed by atoms with Gasteiger partial charge in [0.05, 0.1) is 8.07 Å². The predicted molar refractivity (Wildman–Crippen MR) is 68.2 cm³/mol. The minimum atomic E-state index is -1.09. The van der Waals surface area contributed by atoms with E-state index in [4.69, 9.17) is 0 Å². The van der Waals surface area contributed by atoms with Crippen LogP contribution in [0.4, 0.5) is 0 Å². The average molecular weight is 204 g/mol. The Hall–Kier alpha value is -0.823. The smallest absolute Gasteiger partial charge is 0.0690 e. The van der Waals surface area contributed by atoms with Gasteiger partial charge >= 0.3 is 0 Å². The van der Waals surface area contributed by atoms with Crippen molar-refractivity contribution in [3.63, 3.8) is 0 Å². The highest BCUT2D eigenvalue weighted by Crippen LogP contribution is 2.20. The molecule has 0 spiro atoms. The van der Waals surface area contributed by atoms with Crippen molar-refractivity contribution in [2.24, 2.45) is 0 Å². The molecule has 1 aromatic rings. The molecule has 0 nitrogen and oxygen atoms in total. The van der Waals surface area contributed by atoms with Crippen LogP contribution in [-0.4, -0.2) is 8.07 Å².